The van der Waals surface area contributed by atoms with Crippen LogP contribution in [0.4, 0.5) is 5.82 Å². The maximum atomic E-state index is 13.2. The SMILES string of the molecule is Cc1cc(C)cc(CNc2nc(Cl)c3n(c2=O)[C@H](C(=O)NCc2cccnc2C)CC3)c1. The summed E-state index contributed by atoms with van der Waals surface area (Å²) in [5.74, 6) is -0.0580. The number of nitrogens with zero attached hydrogens (tertiary/aromatic N) is 3. The molecule has 0 spiro atoms. The standard InChI is InChI=1S/C24H26ClN5O2/c1-14-9-15(2)11-17(10-14)12-27-22-24(32)30-19(21(25)29-22)6-7-20(30)23(31)28-13-18-5-4-8-26-16(18)3/h4-5,8-11,20H,6-7,12-13H2,1-3H3,(H,27,29)(H,28,31)/t20-/m0/s1. The Bertz CT molecular complexity index is 1220. The first-order chi connectivity index (χ1) is 15.3. The summed E-state index contributed by atoms with van der Waals surface area (Å²) in [7, 11) is 0. The van der Waals surface area contributed by atoms with Crippen LogP contribution < -0.4 is 16.2 Å². The summed E-state index contributed by atoms with van der Waals surface area (Å²) in [5.41, 5.74) is 5.43. The fourth-order valence-corrected chi connectivity index (χ4v) is 4.50. The first-order valence-electron chi connectivity index (χ1n) is 10.6. The van der Waals surface area contributed by atoms with E-state index in [1.807, 2.05) is 32.9 Å². The Hall–Kier alpha value is -3.19. The number of anilines is 1. The highest BCUT2D eigenvalue weighted by atomic mass is 35.5. The molecule has 0 unspecified atom stereocenters. The Morgan fingerprint density at radius 3 is 2.66 bits per heavy atom. The quantitative estimate of drug-likeness (QED) is 0.597. The van der Waals surface area contributed by atoms with Gasteiger partial charge in [-0.2, -0.15) is 0 Å². The van der Waals surface area contributed by atoms with Crippen molar-refractivity contribution < 1.29 is 4.79 Å². The Labute approximate surface area is 191 Å². The third-order valence-electron chi connectivity index (χ3n) is 5.74. The zero-order valence-corrected chi connectivity index (χ0v) is 19.2. The van der Waals surface area contributed by atoms with E-state index >= 15 is 0 Å². The molecule has 0 aliphatic carbocycles. The Balaban J connectivity index is 1.54. The minimum atomic E-state index is -0.614. The van der Waals surface area contributed by atoms with E-state index in [4.69, 9.17) is 11.6 Å². The van der Waals surface area contributed by atoms with Crippen LogP contribution in [0.25, 0.3) is 0 Å². The highest BCUT2D eigenvalue weighted by molar-refractivity contribution is 6.30. The van der Waals surface area contributed by atoms with Gasteiger partial charge in [0.25, 0.3) is 5.56 Å². The molecule has 1 aliphatic heterocycles. The monoisotopic (exact) mass is 451 g/mol. The molecule has 2 N–H and O–H groups in total. The maximum absolute atomic E-state index is 13.2. The van der Waals surface area contributed by atoms with Crippen LogP contribution >= 0.6 is 11.6 Å². The number of fused-ring (bicyclic) bond motifs is 1. The lowest BCUT2D eigenvalue weighted by Crippen LogP contribution is -2.36. The van der Waals surface area contributed by atoms with Crippen LogP contribution in [0.5, 0.6) is 0 Å². The summed E-state index contributed by atoms with van der Waals surface area (Å²) in [6, 6.07) is 9.36. The molecule has 1 aliphatic rings. The molecule has 0 radical (unpaired) electrons. The lowest BCUT2D eigenvalue weighted by Gasteiger charge is -2.17. The van der Waals surface area contributed by atoms with Crippen molar-refractivity contribution in [1.29, 1.82) is 0 Å². The van der Waals surface area contributed by atoms with Gasteiger partial charge in [-0.05, 0) is 50.8 Å². The topological polar surface area (TPSA) is 88.9 Å². The van der Waals surface area contributed by atoms with Gasteiger partial charge in [0.2, 0.25) is 5.91 Å². The molecule has 3 aromatic rings. The number of aromatic nitrogens is 3. The summed E-state index contributed by atoms with van der Waals surface area (Å²) >= 11 is 6.39. The maximum Gasteiger partial charge on any atom is 0.294 e. The van der Waals surface area contributed by atoms with Gasteiger partial charge in [0, 0.05) is 25.0 Å². The molecule has 0 fully saturated rings. The minimum absolute atomic E-state index is 0.153. The van der Waals surface area contributed by atoms with Gasteiger partial charge in [-0.1, -0.05) is 47.0 Å². The lowest BCUT2D eigenvalue weighted by atomic mass is 10.1. The van der Waals surface area contributed by atoms with Crippen molar-refractivity contribution in [2.45, 2.75) is 52.7 Å². The van der Waals surface area contributed by atoms with Crippen molar-refractivity contribution in [2.24, 2.45) is 0 Å². The van der Waals surface area contributed by atoms with E-state index in [1.165, 1.54) is 4.57 Å². The Morgan fingerprint density at radius 1 is 1.19 bits per heavy atom. The smallest absolute Gasteiger partial charge is 0.294 e. The van der Waals surface area contributed by atoms with E-state index in [-0.39, 0.29) is 22.4 Å². The molecule has 3 heterocycles. The summed E-state index contributed by atoms with van der Waals surface area (Å²) < 4.78 is 1.49. The summed E-state index contributed by atoms with van der Waals surface area (Å²) in [5, 5.41) is 6.30. The zero-order valence-electron chi connectivity index (χ0n) is 18.4. The van der Waals surface area contributed by atoms with E-state index in [9.17, 15) is 9.59 Å². The molecule has 4 rings (SSSR count). The molecule has 0 bridgehead atoms. The number of rotatable bonds is 6. The number of aryl methyl sites for hydroxylation is 3. The normalized spacial score (nSPS) is 14.8. The van der Waals surface area contributed by atoms with E-state index in [0.717, 1.165) is 27.9 Å². The van der Waals surface area contributed by atoms with Gasteiger partial charge in [0.15, 0.2) is 11.0 Å². The fourth-order valence-electron chi connectivity index (χ4n) is 4.23. The van der Waals surface area contributed by atoms with Gasteiger partial charge < -0.3 is 10.6 Å². The highest BCUT2D eigenvalue weighted by Gasteiger charge is 2.32. The highest BCUT2D eigenvalue weighted by Crippen LogP contribution is 2.29. The minimum Gasteiger partial charge on any atom is -0.361 e. The number of hydrogen-bond acceptors (Lipinski definition) is 5. The van der Waals surface area contributed by atoms with Crippen molar-refractivity contribution in [3.05, 3.63) is 85.7 Å². The number of halogens is 1. The zero-order chi connectivity index (χ0) is 22.8. The molecule has 0 saturated heterocycles. The van der Waals surface area contributed by atoms with Crippen LogP contribution in [0, 0.1) is 20.8 Å². The molecular formula is C24H26ClN5O2. The predicted molar refractivity (Wildman–Crippen MR) is 125 cm³/mol. The van der Waals surface area contributed by atoms with Gasteiger partial charge in [0.1, 0.15) is 6.04 Å². The van der Waals surface area contributed by atoms with Crippen molar-refractivity contribution in [2.75, 3.05) is 5.32 Å². The average molecular weight is 452 g/mol. The second-order valence-electron chi connectivity index (χ2n) is 8.24. The lowest BCUT2D eigenvalue weighted by molar-refractivity contribution is -0.124. The third-order valence-corrected chi connectivity index (χ3v) is 6.04. The molecule has 1 aromatic carbocycles. The van der Waals surface area contributed by atoms with Gasteiger partial charge in [-0.15, -0.1) is 0 Å². The van der Waals surface area contributed by atoms with E-state index < -0.39 is 6.04 Å². The fraction of sp³-hybridized carbons (Fsp3) is 0.333. The summed E-state index contributed by atoms with van der Waals surface area (Å²) in [6.07, 6.45) is 2.76. The van der Waals surface area contributed by atoms with Crippen LogP contribution in [0.1, 0.15) is 46.1 Å². The number of benzene rings is 1. The first kappa shape index (κ1) is 22.0. The molecule has 32 heavy (non-hydrogen) atoms. The van der Waals surface area contributed by atoms with Crippen LogP contribution in [-0.4, -0.2) is 20.4 Å². The van der Waals surface area contributed by atoms with Gasteiger partial charge in [-0.3, -0.25) is 19.1 Å². The molecule has 0 saturated carbocycles. The molecule has 7 nitrogen and oxygen atoms in total. The van der Waals surface area contributed by atoms with Crippen LogP contribution in [0.2, 0.25) is 5.15 Å². The van der Waals surface area contributed by atoms with Gasteiger partial charge in [-0.25, -0.2) is 4.98 Å². The van der Waals surface area contributed by atoms with Crippen molar-refractivity contribution in [3.63, 3.8) is 0 Å². The van der Waals surface area contributed by atoms with Crippen LogP contribution in [-0.2, 0) is 24.3 Å². The molecule has 1 atom stereocenters. The van der Waals surface area contributed by atoms with Crippen molar-refractivity contribution in [3.8, 4) is 0 Å². The largest absolute Gasteiger partial charge is 0.361 e. The Kier molecular flexibility index (Phi) is 6.28. The van der Waals surface area contributed by atoms with E-state index in [0.29, 0.717) is 31.6 Å². The number of nitrogens with one attached hydrogen (secondary N) is 2. The van der Waals surface area contributed by atoms with Crippen LogP contribution in [0.3, 0.4) is 0 Å². The van der Waals surface area contributed by atoms with Crippen molar-refractivity contribution >= 4 is 23.3 Å². The number of carbonyl (C=O) groups is 1. The number of amides is 1. The van der Waals surface area contributed by atoms with E-state index in [1.54, 1.807) is 6.20 Å². The summed E-state index contributed by atoms with van der Waals surface area (Å²) in [6.45, 7) is 6.77. The van der Waals surface area contributed by atoms with E-state index in [2.05, 4.69) is 38.8 Å². The second kappa shape index (κ2) is 9.12. The second-order valence-corrected chi connectivity index (χ2v) is 8.60. The third kappa shape index (κ3) is 4.53. The number of hydrogen-bond donors (Lipinski definition) is 2. The molecule has 1 amide bonds. The summed E-state index contributed by atoms with van der Waals surface area (Å²) in [4.78, 5) is 34.7. The Morgan fingerprint density at radius 2 is 1.94 bits per heavy atom. The first-order valence-corrected chi connectivity index (χ1v) is 11.0. The molecular weight excluding hydrogens is 426 g/mol. The van der Waals surface area contributed by atoms with Crippen molar-refractivity contribution in [1.82, 2.24) is 19.9 Å². The van der Waals surface area contributed by atoms with Crippen LogP contribution in [0.15, 0.2) is 41.3 Å². The van der Waals surface area contributed by atoms with Gasteiger partial charge in [0.05, 0.1) is 5.69 Å². The predicted octanol–water partition coefficient (Wildman–Crippen LogP) is 3.63. The molecule has 8 heteroatoms. The van der Waals surface area contributed by atoms with Gasteiger partial charge >= 0.3 is 0 Å². The molecule has 2 aromatic heterocycles. The number of pyridine rings is 1. The number of carbonyl (C=O) groups excluding carboxylic acids is 1. The molecule has 166 valence electrons. The average Bonchev–Trinajstić information content (AvgIpc) is 3.20.